The van der Waals surface area contributed by atoms with Gasteiger partial charge in [-0.3, -0.25) is 4.72 Å². The summed E-state index contributed by atoms with van der Waals surface area (Å²) < 4.78 is 38.5. The standard InChI is InChI=1S/C19H16N2O4S/c22-26(23,16-7-8-17-18(12-16)25-11-10-24-17)21-19-9-6-15(13-20-19)14-4-2-1-3-5-14/h1-9,12-13H,10-11H2,(H,20,21). The number of nitrogens with zero attached hydrogens (tertiary/aromatic N) is 1. The zero-order valence-corrected chi connectivity index (χ0v) is 14.6. The summed E-state index contributed by atoms with van der Waals surface area (Å²) in [6, 6.07) is 17.7. The fraction of sp³-hybridized carbons (Fsp3) is 0.105. The number of hydrogen-bond donors (Lipinski definition) is 1. The lowest BCUT2D eigenvalue weighted by Gasteiger charge is -2.19. The minimum atomic E-state index is -3.77. The highest BCUT2D eigenvalue weighted by Gasteiger charge is 2.19. The second-order valence-electron chi connectivity index (χ2n) is 5.71. The summed E-state index contributed by atoms with van der Waals surface area (Å²) in [7, 11) is -3.77. The average molecular weight is 368 g/mol. The second kappa shape index (κ2) is 6.68. The molecule has 0 atom stereocenters. The van der Waals surface area contributed by atoms with E-state index in [0.29, 0.717) is 24.7 Å². The lowest BCUT2D eigenvalue weighted by atomic mass is 10.1. The highest BCUT2D eigenvalue weighted by Crippen LogP contribution is 2.32. The van der Waals surface area contributed by atoms with Crippen molar-refractivity contribution >= 4 is 15.8 Å². The van der Waals surface area contributed by atoms with Gasteiger partial charge in [0.1, 0.15) is 19.0 Å². The van der Waals surface area contributed by atoms with Gasteiger partial charge in [-0.25, -0.2) is 13.4 Å². The molecule has 3 aromatic rings. The van der Waals surface area contributed by atoms with Crippen LogP contribution in [0.2, 0.25) is 0 Å². The van der Waals surface area contributed by atoms with Gasteiger partial charge in [0.15, 0.2) is 11.5 Å². The van der Waals surface area contributed by atoms with Gasteiger partial charge in [-0.1, -0.05) is 30.3 Å². The summed E-state index contributed by atoms with van der Waals surface area (Å²) in [5.41, 5.74) is 1.93. The molecule has 0 spiro atoms. The number of nitrogens with one attached hydrogen (secondary N) is 1. The Morgan fingerprint density at radius 3 is 2.35 bits per heavy atom. The Kier molecular flexibility index (Phi) is 4.22. The predicted molar refractivity (Wildman–Crippen MR) is 97.9 cm³/mol. The summed E-state index contributed by atoms with van der Waals surface area (Å²) in [4.78, 5) is 4.30. The maximum atomic E-state index is 12.6. The quantitative estimate of drug-likeness (QED) is 0.764. The molecule has 6 nitrogen and oxygen atoms in total. The number of fused-ring (bicyclic) bond motifs is 1. The molecule has 4 rings (SSSR count). The average Bonchev–Trinajstić information content (AvgIpc) is 2.68. The molecule has 1 aromatic heterocycles. The Hall–Kier alpha value is -3.06. The first-order chi connectivity index (χ1) is 12.6. The van der Waals surface area contributed by atoms with Gasteiger partial charge < -0.3 is 9.47 Å². The molecule has 7 heteroatoms. The molecule has 2 heterocycles. The van der Waals surface area contributed by atoms with E-state index < -0.39 is 10.0 Å². The molecule has 0 aliphatic carbocycles. The molecule has 0 radical (unpaired) electrons. The number of pyridine rings is 1. The molecule has 1 N–H and O–H groups in total. The van der Waals surface area contributed by atoms with Crippen LogP contribution in [-0.2, 0) is 10.0 Å². The molecule has 0 saturated heterocycles. The van der Waals surface area contributed by atoms with Crippen molar-refractivity contribution in [3.05, 3.63) is 66.9 Å². The molecule has 132 valence electrons. The maximum Gasteiger partial charge on any atom is 0.263 e. The van der Waals surface area contributed by atoms with E-state index in [4.69, 9.17) is 9.47 Å². The molecule has 2 aromatic carbocycles. The van der Waals surface area contributed by atoms with Gasteiger partial charge in [0, 0.05) is 17.8 Å². The van der Waals surface area contributed by atoms with Crippen LogP contribution in [0.15, 0.2) is 71.8 Å². The Morgan fingerprint density at radius 2 is 1.62 bits per heavy atom. The highest BCUT2D eigenvalue weighted by molar-refractivity contribution is 7.92. The van der Waals surface area contributed by atoms with Gasteiger partial charge in [0.05, 0.1) is 4.90 Å². The molecule has 1 aliphatic heterocycles. The van der Waals surface area contributed by atoms with Crippen molar-refractivity contribution in [3.63, 3.8) is 0 Å². The van der Waals surface area contributed by atoms with Gasteiger partial charge >= 0.3 is 0 Å². The summed E-state index contributed by atoms with van der Waals surface area (Å²) in [5, 5.41) is 0. The van der Waals surface area contributed by atoms with Crippen molar-refractivity contribution in [2.45, 2.75) is 4.90 Å². The van der Waals surface area contributed by atoms with Crippen LogP contribution in [-0.4, -0.2) is 26.6 Å². The van der Waals surface area contributed by atoms with E-state index in [0.717, 1.165) is 11.1 Å². The minimum absolute atomic E-state index is 0.0932. The van der Waals surface area contributed by atoms with E-state index in [-0.39, 0.29) is 10.7 Å². The number of sulfonamides is 1. The molecule has 0 unspecified atom stereocenters. The largest absolute Gasteiger partial charge is 0.486 e. The molecular weight excluding hydrogens is 352 g/mol. The smallest absolute Gasteiger partial charge is 0.263 e. The van der Waals surface area contributed by atoms with Crippen LogP contribution in [0.3, 0.4) is 0 Å². The van der Waals surface area contributed by atoms with Gasteiger partial charge in [0.2, 0.25) is 0 Å². The topological polar surface area (TPSA) is 77.5 Å². The van der Waals surface area contributed by atoms with E-state index in [9.17, 15) is 8.42 Å². The summed E-state index contributed by atoms with van der Waals surface area (Å²) in [6.07, 6.45) is 1.64. The van der Waals surface area contributed by atoms with Crippen LogP contribution in [0.25, 0.3) is 11.1 Å². The van der Waals surface area contributed by atoms with Gasteiger partial charge in [-0.05, 0) is 29.8 Å². The predicted octanol–water partition coefficient (Wildman–Crippen LogP) is 3.32. The van der Waals surface area contributed by atoms with Crippen molar-refractivity contribution in [2.75, 3.05) is 17.9 Å². The third-order valence-electron chi connectivity index (χ3n) is 3.93. The van der Waals surface area contributed by atoms with E-state index in [1.165, 1.54) is 12.1 Å². The van der Waals surface area contributed by atoms with E-state index in [1.807, 2.05) is 36.4 Å². The summed E-state index contributed by atoms with van der Waals surface area (Å²) in [6.45, 7) is 0.849. The second-order valence-corrected chi connectivity index (χ2v) is 7.39. The van der Waals surface area contributed by atoms with Crippen LogP contribution in [0.4, 0.5) is 5.82 Å². The molecular formula is C19H16N2O4S. The van der Waals surface area contributed by atoms with Crippen molar-refractivity contribution in [3.8, 4) is 22.6 Å². The van der Waals surface area contributed by atoms with Crippen LogP contribution >= 0.6 is 0 Å². The number of hydrogen-bond acceptors (Lipinski definition) is 5. The van der Waals surface area contributed by atoms with Crippen LogP contribution in [0.1, 0.15) is 0 Å². The Morgan fingerprint density at radius 1 is 0.846 bits per heavy atom. The molecule has 0 bridgehead atoms. The van der Waals surface area contributed by atoms with Crippen molar-refractivity contribution in [1.29, 1.82) is 0 Å². The number of benzene rings is 2. The van der Waals surface area contributed by atoms with E-state index in [1.54, 1.807) is 18.3 Å². The Bertz CT molecular complexity index is 1020. The first-order valence-electron chi connectivity index (χ1n) is 8.06. The zero-order chi connectivity index (χ0) is 18.0. The Balaban J connectivity index is 1.56. The Labute approximate surface area is 151 Å². The van der Waals surface area contributed by atoms with Crippen LogP contribution in [0, 0.1) is 0 Å². The molecule has 0 fully saturated rings. The minimum Gasteiger partial charge on any atom is -0.486 e. The van der Waals surface area contributed by atoms with Gasteiger partial charge in [-0.15, -0.1) is 0 Å². The fourth-order valence-electron chi connectivity index (χ4n) is 2.64. The number of rotatable bonds is 4. The normalized spacial score (nSPS) is 13.2. The zero-order valence-electron chi connectivity index (χ0n) is 13.8. The number of anilines is 1. The van der Waals surface area contributed by atoms with Crippen molar-refractivity contribution in [1.82, 2.24) is 4.98 Å². The first kappa shape index (κ1) is 16.4. The van der Waals surface area contributed by atoms with Crippen LogP contribution < -0.4 is 14.2 Å². The number of ether oxygens (including phenoxy) is 2. The molecule has 26 heavy (non-hydrogen) atoms. The summed E-state index contributed by atoms with van der Waals surface area (Å²) in [5.74, 6) is 1.21. The van der Waals surface area contributed by atoms with E-state index in [2.05, 4.69) is 9.71 Å². The maximum absolute atomic E-state index is 12.6. The fourth-order valence-corrected chi connectivity index (χ4v) is 3.67. The highest BCUT2D eigenvalue weighted by atomic mass is 32.2. The first-order valence-corrected chi connectivity index (χ1v) is 9.54. The molecule has 0 saturated carbocycles. The van der Waals surface area contributed by atoms with Crippen molar-refractivity contribution < 1.29 is 17.9 Å². The van der Waals surface area contributed by atoms with Gasteiger partial charge in [0.25, 0.3) is 10.0 Å². The lowest BCUT2D eigenvalue weighted by Crippen LogP contribution is -2.17. The van der Waals surface area contributed by atoms with Crippen LogP contribution in [0.5, 0.6) is 11.5 Å². The van der Waals surface area contributed by atoms with Gasteiger partial charge in [-0.2, -0.15) is 0 Å². The molecule has 0 amide bonds. The third kappa shape index (κ3) is 3.34. The lowest BCUT2D eigenvalue weighted by molar-refractivity contribution is 0.171. The van der Waals surface area contributed by atoms with E-state index >= 15 is 0 Å². The summed E-state index contributed by atoms with van der Waals surface area (Å²) >= 11 is 0. The number of aromatic nitrogens is 1. The third-order valence-corrected chi connectivity index (χ3v) is 5.29. The molecule has 1 aliphatic rings. The van der Waals surface area contributed by atoms with Crippen molar-refractivity contribution in [2.24, 2.45) is 0 Å². The SMILES string of the molecule is O=S(=O)(Nc1ccc(-c2ccccc2)cn1)c1ccc2c(c1)OCCO2. The monoisotopic (exact) mass is 368 g/mol.